The van der Waals surface area contributed by atoms with Crippen LogP contribution >= 0.6 is 0 Å². The summed E-state index contributed by atoms with van der Waals surface area (Å²) in [6.45, 7) is 7.47. The Morgan fingerprint density at radius 1 is 1.13 bits per heavy atom. The van der Waals surface area contributed by atoms with Gasteiger partial charge in [0, 0.05) is 12.6 Å². The number of piperidine rings is 1. The quantitative estimate of drug-likeness (QED) is 0.752. The van der Waals surface area contributed by atoms with Crippen molar-refractivity contribution in [2.75, 3.05) is 26.2 Å². The van der Waals surface area contributed by atoms with E-state index in [0.29, 0.717) is 0 Å². The second-order valence-corrected chi connectivity index (χ2v) is 5.21. The molecule has 0 spiro atoms. The third-order valence-corrected chi connectivity index (χ3v) is 4.16. The van der Waals surface area contributed by atoms with Crippen molar-refractivity contribution < 1.29 is 0 Å². The Bertz CT molecular complexity index is 173. The maximum atomic E-state index is 3.77. The highest BCUT2D eigenvalue weighted by Crippen LogP contribution is 2.24. The Kier molecular flexibility index (Phi) is 4.45. The van der Waals surface area contributed by atoms with Crippen molar-refractivity contribution in [1.29, 1.82) is 0 Å². The molecule has 0 aromatic carbocycles. The Labute approximate surface area is 94.4 Å². The van der Waals surface area contributed by atoms with Crippen molar-refractivity contribution in [3.8, 4) is 0 Å². The molecule has 0 amide bonds. The van der Waals surface area contributed by atoms with Gasteiger partial charge in [0.05, 0.1) is 0 Å². The molecule has 0 radical (unpaired) electrons. The largest absolute Gasteiger partial charge is 0.314 e. The van der Waals surface area contributed by atoms with Crippen molar-refractivity contribution in [2.24, 2.45) is 5.92 Å². The minimum atomic E-state index is 0.821. The SMILES string of the molecule is CCN1CCC[C@H]([C@H]2CCCCCN2)C1. The molecule has 15 heavy (non-hydrogen) atoms. The molecule has 2 nitrogen and oxygen atoms in total. The standard InChI is InChI=1S/C13H26N2/c1-2-15-10-6-7-12(11-15)13-8-4-3-5-9-14-13/h12-14H,2-11H2,1H3/t12-,13+/m0/s1. The topological polar surface area (TPSA) is 15.3 Å². The molecule has 2 aliphatic rings. The average molecular weight is 210 g/mol. The molecular formula is C13H26N2. The highest BCUT2D eigenvalue weighted by atomic mass is 15.1. The fraction of sp³-hybridized carbons (Fsp3) is 1.00. The fourth-order valence-corrected chi connectivity index (χ4v) is 3.16. The Balaban J connectivity index is 1.84. The van der Waals surface area contributed by atoms with E-state index in [-0.39, 0.29) is 0 Å². The lowest BCUT2D eigenvalue weighted by Crippen LogP contribution is -2.45. The predicted octanol–water partition coefficient (Wildman–Crippen LogP) is 2.25. The van der Waals surface area contributed by atoms with E-state index in [0.717, 1.165) is 12.0 Å². The van der Waals surface area contributed by atoms with Crippen molar-refractivity contribution in [3.05, 3.63) is 0 Å². The first-order valence-corrected chi connectivity index (χ1v) is 6.86. The van der Waals surface area contributed by atoms with Gasteiger partial charge in [0.1, 0.15) is 0 Å². The van der Waals surface area contributed by atoms with Crippen molar-refractivity contribution in [2.45, 2.75) is 51.5 Å². The fourth-order valence-electron chi connectivity index (χ4n) is 3.16. The smallest absolute Gasteiger partial charge is 0.0107 e. The molecule has 0 unspecified atom stereocenters. The molecule has 2 fully saturated rings. The summed E-state index contributed by atoms with van der Waals surface area (Å²) in [7, 11) is 0. The summed E-state index contributed by atoms with van der Waals surface area (Å²) in [4.78, 5) is 2.63. The first-order chi connectivity index (χ1) is 7.40. The van der Waals surface area contributed by atoms with E-state index in [1.807, 2.05) is 0 Å². The first-order valence-electron chi connectivity index (χ1n) is 6.86. The van der Waals surface area contributed by atoms with E-state index in [1.165, 1.54) is 64.7 Å². The highest BCUT2D eigenvalue weighted by molar-refractivity contribution is 4.83. The highest BCUT2D eigenvalue weighted by Gasteiger charge is 2.26. The minimum Gasteiger partial charge on any atom is -0.314 e. The Morgan fingerprint density at radius 3 is 2.93 bits per heavy atom. The summed E-state index contributed by atoms with van der Waals surface area (Å²) in [5, 5.41) is 3.77. The van der Waals surface area contributed by atoms with E-state index in [9.17, 15) is 0 Å². The van der Waals surface area contributed by atoms with Crippen LogP contribution in [0.25, 0.3) is 0 Å². The van der Waals surface area contributed by atoms with Crippen LogP contribution in [0.2, 0.25) is 0 Å². The van der Waals surface area contributed by atoms with Gasteiger partial charge >= 0.3 is 0 Å². The van der Waals surface area contributed by atoms with Crippen molar-refractivity contribution >= 4 is 0 Å². The lowest BCUT2D eigenvalue weighted by atomic mass is 9.88. The predicted molar refractivity (Wildman–Crippen MR) is 65.1 cm³/mol. The second-order valence-electron chi connectivity index (χ2n) is 5.21. The van der Waals surface area contributed by atoms with Gasteiger partial charge in [-0.15, -0.1) is 0 Å². The van der Waals surface area contributed by atoms with Gasteiger partial charge in [-0.3, -0.25) is 0 Å². The Morgan fingerprint density at radius 2 is 2.07 bits per heavy atom. The lowest BCUT2D eigenvalue weighted by molar-refractivity contribution is 0.150. The van der Waals surface area contributed by atoms with Gasteiger partial charge in [0.2, 0.25) is 0 Å². The van der Waals surface area contributed by atoms with Crippen LogP contribution in [-0.4, -0.2) is 37.1 Å². The first kappa shape index (κ1) is 11.4. The average Bonchev–Trinajstić information content (AvgIpc) is 2.58. The van der Waals surface area contributed by atoms with E-state index in [1.54, 1.807) is 0 Å². The molecule has 1 N–H and O–H groups in total. The summed E-state index contributed by atoms with van der Waals surface area (Å²) < 4.78 is 0. The van der Waals surface area contributed by atoms with Crippen LogP contribution in [0.1, 0.15) is 45.4 Å². The molecule has 0 bridgehead atoms. The normalized spacial score (nSPS) is 35.0. The van der Waals surface area contributed by atoms with Gasteiger partial charge in [-0.25, -0.2) is 0 Å². The van der Waals surface area contributed by atoms with Crippen LogP contribution in [0, 0.1) is 5.92 Å². The summed E-state index contributed by atoms with van der Waals surface area (Å²) >= 11 is 0. The van der Waals surface area contributed by atoms with Crippen molar-refractivity contribution in [3.63, 3.8) is 0 Å². The van der Waals surface area contributed by atoms with E-state index >= 15 is 0 Å². The summed E-state index contributed by atoms with van der Waals surface area (Å²) in [5.74, 6) is 0.928. The molecule has 88 valence electrons. The van der Waals surface area contributed by atoms with Crippen LogP contribution in [0.15, 0.2) is 0 Å². The summed E-state index contributed by atoms with van der Waals surface area (Å²) in [6.07, 6.45) is 8.56. The van der Waals surface area contributed by atoms with Crippen LogP contribution in [-0.2, 0) is 0 Å². The second kappa shape index (κ2) is 5.86. The van der Waals surface area contributed by atoms with Gasteiger partial charge in [0.25, 0.3) is 0 Å². The zero-order chi connectivity index (χ0) is 10.5. The molecule has 2 rings (SSSR count). The van der Waals surface area contributed by atoms with Crippen LogP contribution in [0.4, 0.5) is 0 Å². The Hall–Kier alpha value is -0.0800. The van der Waals surface area contributed by atoms with Crippen LogP contribution in [0.5, 0.6) is 0 Å². The van der Waals surface area contributed by atoms with E-state index in [4.69, 9.17) is 0 Å². The molecule has 0 saturated carbocycles. The van der Waals surface area contributed by atoms with Gasteiger partial charge in [-0.05, 0) is 51.2 Å². The third-order valence-electron chi connectivity index (χ3n) is 4.16. The molecule has 2 saturated heterocycles. The molecule has 2 aliphatic heterocycles. The maximum Gasteiger partial charge on any atom is 0.0107 e. The van der Waals surface area contributed by atoms with Crippen LogP contribution in [0.3, 0.4) is 0 Å². The number of rotatable bonds is 2. The summed E-state index contributed by atoms with van der Waals surface area (Å²) in [5.41, 5.74) is 0. The lowest BCUT2D eigenvalue weighted by Gasteiger charge is -2.36. The number of nitrogens with one attached hydrogen (secondary N) is 1. The van der Waals surface area contributed by atoms with Gasteiger partial charge in [0.15, 0.2) is 0 Å². The van der Waals surface area contributed by atoms with Gasteiger partial charge in [-0.2, -0.15) is 0 Å². The minimum absolute atomic E-state index is 0.821. The number of nitrogens with zero attached hydrogens (tertiary/aromatic N) is 1. The van der Waals surface area contributed by atoms with Crippen LogP contribution < -0.4 is 5.32 Å². The summed E-state index contributed by atoms with van der Waals surface area (Å²) in [6, 6.07) is 0.821. The van der Waals surface area contributed by atoms with E-state index in [2.05, 4.69) is 17.1 Å². The zero-order valence-electron chi connectivity index (χ0n) is 10.2. The molecule has 0 aromatic heterocycles. The molecule has 2 atom stereocenters. The number of hydrogen-bond acceptors (Lipinski definition) is 2. The maximum absolute atomic E-state index is 3.77. The monoisotopic (exact) mass is 210 g/mol. The molecule has 2 heteroatoms. The zero-order valence-corrected chi connectivity index (χ0v) is 10.2. The molecular weight excluding hydrogens is 184 g/mol. The molecule has 0 aromatic rings. The molecule has 0 aliphatic carbocycles. The number of hydrogen-bond donors (Lipinski definition) is 1. The third kappa shape index (κ3) is 3.18. The van der Waals surface area contributed by atoms with E-state index < -0.39 is 0 Å². The molecule has 2 heterocycles. The van der Waals surface area contributed by atoms with Gasteiger partial charge < -0.3 is 10.2 Å². The van der Waals surface area contributed by atoms with Crippen molar-refractivity contribution in [1.82, 2.24) is 10.2 Å². The van der Waals surface area contributed by atoms with Gasteiger partial charge in [-0.1, -0.05) is 19.8 Å². The number of likely N-dealkylation sites (tertiary alicyclic amines) is 1.